The predicted molar refractivity (Wildman–Crippen MR) is 80.6 cm³/mol. The summed E-state index contributed by atoms with van der Waals surface area (Å²) in [5.74, 6) is 0.649. The van der Waals surface area contributed by atoms with Crippen LogP contribution in [0.3, 0.4) is 0 Å². The number of nitrogens with zero attached hydrogens (tertiary/aromatic N) is 2. The minimum Gasteiger partial charge on any atom is -0.383 e. The van der Waals surface area contributed by atoms with E-state index in [1.807, 2.05) is 0 Å². The molecule has 2 rings (SSSR count). The summed E-state index contributed by atoms with van der Waals surface area (Å²) in [7, 11) is 0. The minimum atomic E-state index is -0.0383. The predicted octanol–water partition coefficient (Wildman–Crippen LogP) is 1.83. The highest BCUT2D eigenvalue weighted by Gasteiger charge is 2.23. The van der Waals surface area contributed by atoms with Crippen molar-refractivity contribution in [2.24, 2.45) is 5.92 Å². The largest absolute Gasteiger partial charge is 0.383 e. The van der Waals surface area contributed by atoms with E-state index in [9.17, 15) is 4.79 Å². The van der Waals surface area contributed by atoms with Gasteiger partial charge in [0.15, 0.2) is 0 Å². The van der Waals surface area contributed by atoms with Crippen LogP contribution < -0.4 is 16.2 Å². The highest BCUT2D eigenvalue weighted by atomic mass is 79.9. The maximum absolute atomic E-state index is 12.1. The molecule has 0 unspecified atom stereocenters. The van der Waals surface area contributed by atoms with E-state index in [-0.39, 0.29) is 5.56 Å². The second kappa shape index (κ2) is 7.05. The second-order valence-electron chi connectivity index (χ2n) is 4.94. The lowest BCUT2D eigenvalue weighted by atomic mass is 10.3. The van der Waals surface area contributed by atoms with Crippen molar-refractivity contribution in [3.63, 3.8) is 0 Å². The summed E-state index contributed by atoms with van der Waals surface area (Å²) in [5, 5.41) is 10.7. The van der Waals surface area contributed by atoms with Crippen molar-refractivity contribution in [2.45, 2.75) is 32.7 Å². The lowest BCUT2D eigenvalue weighted by Crippen LogP contribution is -2.25. The van der Waals surface area contributed by atoms with Crippen LogP contribution in [0, 0.1) is 5.92 Å². The van der Waals surface area contributed by atoms with Crippen LogP contribution in [0.5, 0.6) is 0 Å². The molecule has 0 aliphatic heterocycles. The van der Waals surface area contributed by atoms with E-state index < -0.39 is 0 Å². The molecule has 6 heteroatoms. The molecule has 0 atom stereocenters. The van der Waals surface area contributed by atoms with E-state index in [0.29, 0.717) is 10.4 Å². The van der Waals surface area contributed by atoms with Gasteiger partial charge in [0.25, 0.3) is 5.56 Å². The fourth-order valence-electron chi connectivity index (χ4n) is 1.88. The third kappa shape index (κ3) is 4.31. The van der Waals surface area contributed by atoms with E-state index in [1.165, 1.54) is 12.8 Å². The summed E-state index contributed by atoms with van der Waals surface area (Å²) in [6.07, 6.45) is 5.19. The maximum Gasteiger partial charge on any atom is 0.283 e. The van der Waals surface area contributed by atoms with Crippen LogP contribution in [0.1, 0.15) is 26.2 Å². The summed E-state index contributed by atoms with van der Waals surface area (Å²) >= 11 is 3.37. The summed E-state index contributed by atoms with van der Waals surface area (Å²) in [6.45, 7) is 5.64. The monoisotopic (exact) mass is 328 g/mol. The van der Waals surface area contributed by atoms with Crippen LogP contribution in [0.25, 0.3) is 0 Å². The van der Waals surface area contributed by atoms with Gasteiger partial charge in [-0.05, 0) is 54.2 Å². The Hall–Kier alpha value is -0.880. The minimum absolute atomic E-state index is 0.0383. The maximum atomic E-state index is 12.1. The summed E-state index contributed by atoms with van der Waals surface area (Å²) in [6, 6.07) is 0. The SMILES string of the molecule is CCNCCCNc1cnn(CC2CC2)c(=O)c1Br. The third-order valence-electron chi connectivity index (χ3n) is 3.21. The molecule has 1 saturated carbocycles. The molecular weight excluding hydrogens is 308 g/mol. The quantitative estimate of drug-likeness (QED) is 0.715. The molecular formula is C13H21BrN4O. The van der Waals surface area contributed by atoms with E-state index in [0.717, 1.165) is 38.3 Å². The van der Waals surface area contributed by atoms with Crippen molar-refractivity contribution in [1.82, 2.24) is 15.1 Å². The third-order valence-corrected chi connectivity index (χ3v) is 3.98. The van der Waals surface area contributed by atoms with Gasteiger partial charge in [0.1, 0.15) is 4.47 Å². The van der Waals surface area contributed by atoms with E-state index >= 15 is 0 Å². The second-order valence-corrected chi connectivity index (χ2v) is 5.73. The molecule has 2 N–H and O–H groups in total. The Kier molecular flexibility index (Phi) is 5.39. The highest BCUT2D eigenvalue weighted by Crippen LogP contribution is 2.30. The van der Waals surface area contributed by atoms with Crippen molar-refractivity contribution in [2.75, 3.05) is 25.0 Å². The van der Waals surface area contributed by atoms with E-state index in [4.69, 9.17) is 0 Å². The number of rotatable bonds is 8. The molecule has 19 heavy (non-hydrogen) atoms. The normalized spacial score (nSPS) is 14.6. The van der Waals surface area contributed by atoms with E-state index in [1.54, 1.807) is 10.9 Å². The van der Waals surface area contributed by atoms with E-state index in [2.05, 4.69) is 38.6 Å². The van der Waals surface area contributed by atoms with Crippen molar-refractivity contribution in [3.8, 4) is 0 Å². The average molecular weight is 329 g/mol. The Morgan fingerprint density at radius 3 is 2.95 bits per heavy atom. The molecule has 106 valence electrons. The molecule has 1 aromatic rings. The lowest BCUT2D eigenvalue weighted by Gasteiger charge is -2.10. The van der Waals surface area contributed by atoms with Gasteiger partial charge in [0.2, 0.25) is 0 Å². The summed E-state index contributed by atoms with van der Waals surface area (Å²) in [5.41, 5.74) is 0.747. The first-order chi connectivity index (χ1) is 9.22. The van der Waals surface area contributed by atoms with Crippen LogP contribution in [-0.2, 0) is 6.54 Å². The van der Waals surface area contributed by atoms with Gasteiger partial charge in [-0.1, -0.05) is 6.92 Å². The fraction of sp³-hybridized carbons (Fsp3) is 0.692. The van der Waals surface area contributed by atoms with Gasteiger partial charge in [-0.2, -0.15) is 5.10 Å². The molecule has 1 aliphatic carbocycles. The average Bonchev–Trinajstić information content (AvgIpc) is 3.21. The summed E-state index contributed by atoms with van der Waals surface area (Å²) in [4.78, 5) is 12.1. The Bertz CT molecular complexity index is 470. The van der Waals surface area contributed by atoms with Crippen LogP contribution in [0.2, 0.25) is 0 Å². The Balaban J connectivity index is 1.90. The first-order valence-corrected chi connectivity index (χ1v) is 7.72. The summed E-state index contributed by atoms with van der Waals surface area (Å²) < 4.78 is 2.15. The van der Waals surface area contributed by atoms with Gasteiger partial charge in [-0.3, -0.25) is 4.79 Å². The van der Waals surface area contributed by atoms with Gasteiger partial charge >= 0.3 is 0 Å². The van der Waals surface area contributed by atoms with Crippen LogP contribution in [0.15, 0.2) is 15.5 Å². The smallest absolute Gasteiger partial charge is 0.283 e. The van der Waals surface area contributed by atoms with Gasteiger partial charge in [0, 0.05) is 13.1 Å². The number of anilines is 1. The number of nitrogens with one attached hydrogen (secondary N) is 2. The molecule has 0 aromatic carbocycles. The van der Waals surface area contributed by atoms with Crippen molar-refractivity contribution < 1.29 is 0 Å². The highest BCUT2D eigenvalue weighted by molar-refractivity contribution is 9.10. The Morgan fingerprint density at radius 2 is 2.26 bits per heavy atom. The molecule has 0 radical (unpaired) electrons. The number of aromatic nitrogens is 2. The first-order valence-electron chi connectivity index (χ1n) is 6.92. The molecule has 0 saturated heterocycles. The molecule has 0 spiro atoms. The fourth-order valence-corrected chi connectivity index (χ4v) is 2.32. The Labute approximate surface area is 121 Å². The molecule has 0 amide bonds. The number of hydrogen-bond acceptors (Lipinski definition) is 4. The van der Waals surface area contributed by atoms with Gasteiger partial charge < -0.3 is 10.6 Å². The molecule has 1 aromatic heterocycles. The molecule has 0 bridgehead atoms. The van der Waals surface area contributed by atoms with Crippen LogP contribution >= 0.6 is 15.9 Å². The van der Waals surface area contributed by atoms with Crippen molar-refractivity contribution in [1.29, 1.82) is 0 Å². The lowest BCUT2D eigenvalue weighted by molar-refractivity contribution is 0.531. The molecule has 1 heterocycles. The van der Waals surface area contributed by atoms with Gasteiger partial charge in [0.05, 0.1) is 11.9 Å². The van der Waals surface area contributed by atoms with Gasteiger partial charge in [-0.25, -0.2) is 4.68 Å². The first kappa shape index (κ1) is 14.5. The molecule has 1 fully saturated rings. The van der Waals surface area contributed by atoms with Crippen LogP contribution in [-0.4, -0.2) is 29.4 Å². The van der Waals surface area contributed by atoms with Crippen molar-refractivity contribution >= 4 is 21.6 Å². The standard InChI is InChI=1S/C13H21BrN4O/c1-2-15-6-3-7-16-11-8-17-18(9-10-4-5-10)13(19)12(11)14/h8,10,15-16H,2-7,9H2,1H3. The zero-order valence-corrected chi connectivity index (χ0v) is 12.9. The van der Waals surface area contributed by atoms with Crippen molar-refractivity contribution in [3.05, 3.63) is 21.0 Å². The topological polar surface area (TPSA) is 59.0 Å². The zero-order chi connectivity index (χ0) is 13.7. The van der Waals surface area contributed by atoms with Crippen LogP contribution in [0.4, 0.5) is 5.69 Å². The number of hydrogen-bond donors (Lipinski definition) is 2. The molecule has 5 nitrogen and oxygen atoms in total. The zero-order valence-electron chi connectivity index (χ0n) is 11.3. The van der Waals surface area contributed by atoms with Gasteiger partial charge in [-0.15, -0.1) is 0 Å². The molecule has 1 aliphatic rings. The number of halogens is 1. The Morgan fingerprint density at radius 1 is 1.47 bits per heavy atom.